The molecule has 4 nitrogen and oxygen atoms in total. The molecule has 0 aliphatic heterocycles. The molecule has 2 amide bonds. The number of thioether (sulfide) groups is 1. The smallest absolute Gasteiger partial charge is 0.236 e. The highest BCUT2D eigenvalue weighted by Crippen LogP contribution is 2.10. The minimum Gasteiger partial charge on any atom is -0.368 e. The fraction of sp³-hybridized carbons (Fsp3) is 0.882. The third-order valence-electron chi connectivity index (χ3n) is 3.26. The molecule has 0 aromatic heterocycles. The van der Waals surface area contributed by atoms with Gasteiger partial charge in [0, 0.05) is 6.42 Å². The van der Waals surface area contributed by atoms with Gasteiger partial charge in [-0.15, -0.1) is 0 Å². The van der Waals surface area contributed by atoms with Crippen LogP contribution < -0.4 is 11.1 Å². The van der Waals surface area contributed by atoms with Crippen molar-refractivity contribution in [1.29, 1.82) is 0 Å². The van der Waals surface area contributed by atoms with Crippen LogP contribution in [0.3, 0.4) is 0 Å². The van der Waals surface area contributed by atoms with Gasteiger partial charge in [-0.1, -0.05) is 65.2 Å². The second-order valence-corrected chi connectivity index (χ2v) is 6.55. The predicted molar refractivity (Wildman–Crippen MR) is 98.1 cm³/mol. The zero-order valence-corrected chi connectivity index (χ0v) is 15.6. The van der Waals surface area contributed by atoms with Gasteiger partial charge in [0.15, 0.2) is 0 Å². The van der Waals surface area contributed by atoms with Crippen LogP contribution in [0.4, 0.5) is 0 Å². The first-order valence-electron chi connectivity index (χ1n) is 8.62. The van der Waals surface area contributed by atoms with Gasteiger partial charge >= 0.3 is 0 Å². The summed E-state index contributed by atoms with van der Waals surface area (Å²) in [5, 5.41) is 2.49. The molecule has 0 fully saturated rings. The Morgan fingerprint density at radius 2 is 1.36 bits per heavy atom. The van der Waals surface area contributed by atoms with Gasteiger partial charge in [-0.05, 0) is 18.4 Å². The number of carbonyl (C=O) groups excluding carboxylic acids is 2. The Bertz CT molecular complexity index is 259. The number of nitrogens with one attached hydrogen (secondary N) is 1. The quantitative estimate of drug-likeness (QED) is 0.503. The molecule has 132 valence electrons. The van der Waals surface area contributed by atoms with Crippen LogP contribution in [-0.2, 0) is 9.59 Å². The summed E-state index contributed by atoms with van der Waals surface area (Å²) in [5.41, 5.74) is 4.93. The van der Waals surface area contributed by atoms with Gasteiger partial charge < -0.3 is 11.1 Å². The van der Waals surface area contributed by atoms with E-state index in [1.54, 1.807) is 0 Å². The number of hydrogen-bond donors (Lipinski definition) is 2. The maximum atomic E-state index is 11.2. The summed E-state index contributed by atoms with van der Waals surface area (Å²) in [7, 11) is 0. The number of primary amides is 1. The van der Waals surface area contributed by atoms with E-state index in [0.29, 0.717) is 6.42 Å². The maximum Gasteiger partial charge on any atom is 0.236 e. The highest BCUT2D eigenvalue weighted by Gasteiger charge is 2.02. The third-order valence-corrected chi connectivity index (χ3v) is 3.83. The molecule has 0 aromatic rings. The first-order valence-corrected chi connectivity index (χ1v) is 10.0. The normalized spacial score (nSPS) is 9.77. The molecule has 0 heterocycles. The molecule has 0 bridgehead atoms. The largest absolute Gasteiger partial charge is 0.368 e. The molecule has 0 radical (unpaired) electrons. The topological polar surface area (TPSA) is 72.2 Å². The molecule has 0 aliphatic carbocycles. The van der Waals surface area contributed by atoms with Gasteiger partial charge in [0.2, 0.25) is 11.8 Å². The Morgan fingerprint density at radius 3 is 1.77 bits per heavy atom. The van der Waals surface area contributed by atoms with E-state index < -0.39 is 5.91 Å². The lowest BCUT2D eigenvalue weighted by Gasteiger charge is -2.03. The average Bonchev–Trinajstić information content (AvgIpc) is 2.51. The summed E-state index contributed by atoms with van der Waals surface area (Å²) in [5.74, 6) is 0.673. The van der Waals surface area contributed by atoms with E-state index >= 15 is 0 Å². The van der Waals surface area contributed by atoms with Crippen LogP contribution in [-0.4, -0.2) is 30.4 Å². The van der Waals surface area contributed by atoms with Gasteiger partial charge in [0.25, 0.3) is 0 Å². The molecule has 0 aromatic carbocycles. The average molecular weight is 333 g/mol. The lowest BCUT2D eigenvalue weighted by atomic mass is 10.1. The van der Waals surface area contributed by atoms with E-state index in [-0.39, 0.29) is 12.5 Å². The van der Waals surface area contributed by atoms with E-state index in [4.69, 9.17) is 5.73 Å². The van der Waals surface area contributed by atoms with Gasteiger partial charge in [0.1, 0.15) is 0 Å². The van der Waals surface area contributed by atoms with Crippen molar-refractivity contribution in [3.8, 4) is 0 Å². The Balaban J connectivity index is 0. The van der Waals surface area contributed by atoms with Crippen molar-refractivity contribution in [3.63, 3.8) is 0 Å². The first-order chi connectivity index (χ1) is 10.6. The predicted octanol–water partition coefficient (Wildman–Crippen LogP) is 3.88. The first kappa shape index (κ1) is 23.6. The maximum absolute atomic E-state index is 11.2. The lowest BCUT2D eigenvalue weighted by molar-refractivity contribution is -0.124. The number of rotatable bonds is 13. The van der Waals surface area contributed by atoms with E-state index in [0.717, 1.165) is 12.8 Å². The Hall–Kier alpha value is -0.710. The lowest BCUT2D eigenvalue weighted by Crippen LogP contribution is -2.33. The second-order valence-electron chi connectivity index (χ2n) is 5.40. The van der Waals surface area contributed by atoms with Gasteiger partial charge in [-0.2, -0.15) is 11.8 Å². The molecule has 0 atom stereocenters. The number of amides is 2. The van der Waals surface area contributed by atoms with Gasteiger partial charge in [0.05, 0.1) is 6.54 Å². The summed E-state index contributed by atoms with van der Waals surface area (Å²) in [6.45, 7) is 4.32. The van der Waals surface area contributed by atoms with Crippen LogP contribution in [0, 0.1) is 0 Å². The Morgan fingerprint density at radius 1 is 0.909 bits per heavy atom. The molecule has 0 rings (SSSR count). The monoisotopic (exact) mass is 332 g/mol. The molecule has 0 spiro atoms. The van der Waals surface area contributed by atoms with E-state index in [9.17, 15) is 9.59 Å². The molecule has 0 unspecified atom stereocenters. The SMILES string of the molecule is CCCCCCCCCCCC(=O)NCC(N)=O.CCSC. The number of hydrogen-bond acceptors (Lipinski definition) is 3. The minimum atomic E-state index is -0.490. The summed E-state index contributed by atoms with van der Waals surface area (Å²) >= 11 is 1.86. The molecule has 0 saturated heterocycles. The summed E-state index contributed by atoms with van der Waals surface area (Å²) < 4.78 is 0. The zero-order valence-electron chi connectivity index (χ0n) is 14.8. The van der Waals surface area contributed by atoms with E-state index in [1.807, 2.05) is 11.8 Å². The van der Waals surface area contributed by atoms with Crippen LogP contribution >= 0.6 is 11.8 Å². The van der Waals surface area contributed by atoms with Gasteiger partial charge in [-0.3, -0.25) is 9.59 Å². The van der Waals surface area contributed by atoms with E-state index in [2.05, 4.69) is 25.4 Å². The van der Waals surface area contributed by atoms with Crippen molar-refractivity contribution in [2.45, 2.75) is 78.1 Å². The van der Waals surface area contributed by atoms with Crippen molar-refractivity contribution in [3.05, 3.63) is 0 Å². The minimum absolute atomic E-state index is 0.0454. The van der Waals surface area contributed by atoms with E-state index in [1.165, 1.54) is 50.7 Å². The van der Waals surface area contributed by atoms with Crippen molar-refractivity contribution >= 4 is 23.6 Å². The fourth-order valence-corrected chi connectivity index (χ4v) is 1.87. The molecule has 0 aliphatic rings. The van der Waals surface area contributed by atoms with Gasteiger partial charge in [-0.25, -0.2) is 0 Å². The van der Waals surface area contributed by atoms with Crippen molar-refractivity contribution in [2.75, 3.05) is 18.6 Å². The third kappa shape index (κ3) is 24.3. The fourth-order valence-electron chi connectivity index (χ4n) is 1.87. The summed E-state index contributed by atoms with van der Waals surface area (Å²) in [4.78, 5) is 21.7. The summed E-state index contributed by atoms with van der Waals surface area (Å²) in [6, 6.07) is 0. The second kappa shape index (κ2) is 20.3. The van der Waals surface area contributed by atoms with Crippen LogP contribution in [0.1, 0.15) is 78.1 Å². The Kier molecular flexibility index (Phi) is 21.7. The zero-order chi connectivity index (χ0) is 17.1. The molecule has 3 N–H and O–H groups in total. The summed E-state index contributed by atoms with van der Waals surface area (Å²) in [6.07, 6.45) is 13.7. The number of nitrogens with two attached hydrogens (primary N) is 1. The number of carbonyl (C=O) groups is 2. The van der Waals surface area contributed by atoms with Crippen molar-refractivity contribution in [1.82, 2.24) is 5.32 Å². The van der Waals surface area contributed by atoms with Crippen molar-refractivity contribution < 1.29 is 9.59 Å². The highest BCUT2D eigenvalue weighted by atomic mass is 32.2. The highest BCUT2D eigenvalue weighted by molar-refractivity contribution is 7.98. The molecule has 0 saturated carbocycles. The molecular weight excluding hydrogens is 296 g/mol. The standard InChI is InChI=1S/C14H28N2O2.C3H8S/c1-2-3-4-5-6-7-8-9-10-11-14(18)16-12-13(15)17;1-3-4-2/h2-12H2,1H3,(H2,15,17)(H,16,18);3H2,1-2H3. The van der Waals surface area contributed by atoms with Crippen LogP contribution in [0.2, 0.25) is 0 Å². The molecule has 22 heavy (non-hydrogen) atoms. The van der Waals surface area contributed by atoms with Crippen molar-refractivity contribution in [2.24, 2.45) is 5.73 Å². The van der Waals surface area contributed by atoms with Crippen LogP contribution in [0.15, 0.2) is 0 Å². The number of unbranched alkanes of at least 4 members (excludes halogenated alkanes) is 8. The van der Waals surface area contributed by atoms with Crippen LogP contribution in [0.5, 0.6) is 0 Å². The Labute approximate surface area is 141 Å². The molecular formula is C17H36N2O2S. The molecule has 5 heteroatoms. The van der Waals surface area contributed by atoms with Crippen LogP contribution in [0.25, 0.3) is 0 Å².